The van der Waals surface area contributed by atoms with Gasteiger partial charge in [0.2, 0.25) is 5.91 Å². The fraction of sp³-hybridized carbons (Fsp3) is 0.714. The highest BCUT2D eigenvalue weighted by molar-refractivity contribution is 5.89. The van der Waals surface area contributed by atoms with Gasteiger partial charge in [-0.25, -0.2) is 0 Å². The van der Waals surface area contributed by atoms with Gasteiger partial charge in [0.05, 0.1) is 12.4 Å². The molecule has 0 spiro atoms. The predicted octanol–water partition coefficient (Wildman–Crippen LogP) is -0.500. The van der Waals surface area contributed by atoms with Crippen LogP contribution in [-0.2, 0) is 4.79 Å². The van der Waals surface area contributed by atoms with Gasteiger partial charge in [0.1, 0.15) is 0 Å². The number of rotatable bonds is 3. The molecule has 1 rings (SSSR count). The summed E-state index contributed by atoms with van der Waals surface area (Å²) in [5.41, 5.74) is 5.04. The monoisotopic (exact) mass is 155 g/mol. The van der Waals surface area contributed by atoms with Crippen LogP contribution in [0.1, 0.15) is 13.3 Å². The van der Waals surface area contributed by atoms with Gasteiger partial charge >= 0.3 is 0 Å². The maximum absolute atomic E-state index is 10.5. The fourth-order valence-corrected chi connectivity index (χ4v) is 1.14. The molecule has 1 heterocycles. The summed E-state index contributed by atoms with van der Waals surface area (Å²) in [6.07, 6.45) is 0.381. The van der Waals surface area contributed by atoms with Gasteiger partial charge < -0.3 is 11.1 Å². The molecule has 0 aromatic rings. The largest absolute Gasteiger partial charge is 0.372 e. The highest BCUT2D eigenvalue weighted by Gasteiger charge is 2.15. The van der Waals surface area contributed by atoms with E-state index in [2.05, 4.69) is 10.3 Å². The molecule has 11 heavy (non-hydrogen) atoms. The lowest BCUT2D eigenvalue weighted by atomic mass is 10.1. The van der Waals surface area contributed by atoms with E-state index < -0.39 is 0 Å². The Morgan fingerprint density at radius 1 is 1.91 bits per heavy atom. The molecule has 1 aliphatic rings. The first-order valence-corrected chi connectivity index (χ1v) is 3.76. The van der Waals surface area contributed by atoms with E-state index in [0.717, 1.165) is 18.9 Å². The molecule has 3 N–H and O–H groups in total. The van der Waals surface area contributed by atoms with Crippen molar-refractivity contribution in [3.05, 3.63) is 0 Å². The Labute approximate surface area is 65.9 Å². The maximum atomic E-state index is 10.5. The number of carbonyl (C=O) groups excluding carboxylic acids is 1. The average Bonchev–Trinajstić information content (AvgIpc) is 2.35. The Balaban J connectivity index is 2.40. The van der Waals surface area contributed by atoms with Gasteiger partial charge in [0.15, 0.2) is 0 Å². The molecule has 1 aliphatic heterocycles. The van der Waals surface area contributed by atoms with Crippen LogP contribution in [0.4, 0.5) is 0 Å². The fourth-order valence-electron chi connectivity index (χ4n) is 1.14. The lowest BCUT2D eigenvalue weighted by Gasteiger charge is -2.08. The quantitative estimate of drug-likeness (QED) is 0.577. The Hall–Kier alpha value is -1.06. The van der Waals surface area contributed by atoms with E-state index in [9.17, 15) is 4.79 Å². The first-order valence-electron chi connectivity index (χ1n) is 3.76. The summed E-state index contributed by atoms with van der Waals surface area (Å²) in [7, 11) is 0. The summed E-state index contributed by atoms with van der Waals surface area (Å²) in [5, 5.41) is 3.10. The minimum atomic E-state index is -0.270. The average molecular weight is 155 g/mol. The first kappa shape index (κ1) is 8.04. The van der Waals surface area contributed by atoms with Crippen molar-refractivity contribution >= 4 is 11.7 Å². The lowest BCUT2D eigenvalue weighted by Crippen LogP contribution is -2.28. The molecule has 0 bridgehead atoms. The highest BCUT2D eigenvalue weighted by atomic mass is 16.1. The van der Waals surface area contributed by atoms with Crippen LogP contribution in [0.15, 0.2) is 4.99 Å². The second-order valence-corrected chi connectivity index (χ2v) is 2.77. The van der Waals surface area contributed by atoms with E-state index in [4.69, 9.17) is 5.73 Å². The number of primary amides is 1. The van der Waals surface area contributed by atoms with Gasteiger partial charge in [0.25, 0.3) is 0 Å². The molecule has 0 fully saturated rings. The van der Waals surface area contributed by atoms with E-state index >= 15 is 0 Å². The third-order valence-corrected chi connectivity index (χ3v) is 1.67. The number of nitrogens with two attached hydrogens (primary N) is 1. The summed E-state index contributed by atoms with van der Waals surface area (Å²) >= 11 is 0. The minimum Gasteiger partial charge on any atom is -0.372 e. The molecule has 0 radical (unpaired) electrons. The number of hydrogen-bond donors (Lipinski definition) is 2. The Morgan fingerprint density at radius 2 is 2.64 bits per heavy atom. The molecule has 1 atom stereocenters. The SMILES string of the molecule is CC(CC(N)=O)C1=NCCN1. The topological polar surface area (TPSA) is 67.5 Å². The van der Waals surface area contributed by atoms with Crippen LogP contribution in [-0.4, -0.2) is 24.8 Å². The number of nitrogens with zero attached hydrogens (tertiary/aromatic N) is 1. The Kier molecular flexibility index (Phi) is 2.46. The molecule has 4 nitrogen and oxygen atoms in total. The first-order chi connectivity index (χ1) is 5.20. The third-order valence-electron chi connectivity index (χ3n) is 1.67. The van der Waals surface area contributed by atoms with Crippen molar-refractivity contribution in [2.45, 2.75) is 13.3 Å². The minimum absolute atomic E-state index is 0.148. The highest BCUT2D eigenvalue weighted by Crippen LogP contribution is 2.04. The second kappa shape index (κ2) is 3.37. The van der Waals surface area contributed by atoms with Crippen LogP contribution in [0.3, 0.4) is 0 Å². The van der Waals surface area contributed by atoms with E-state index in [1.807, 2.05) is 6.92 Å². The molecule has 0 saturated heterocycles. The van der Waals surface area contributed by atoms with E-state index in [1.165, 1.54) is 0 Å². The third kappa shape index (κ3) is 2.22. The molecule has 1 unspecified atom stereocenters. The standard InChI is InChI=1S/C7H13N3O/c1-5(4-6(8)11)7-9-2-3-10-7/h5H,2-4H2,1H3,(H2,8,11)(H,9,10). The molecule has 62 valence electrons. The van der Waals surface area contributed by atoms with Crippen molar-refractivity contribution in [1.82, 2.24) is 5.32 Å². The van der Waals surface area contributed by atoms with Gasteiger partial charge in [-0.1, -0.05) is 6.92 Å². The van der Waals surface area contributed by atoms with E-state index in [1.54, 1.807) is 0 Å². The Bertz CT molecular complexity index is 188. The Morgan fingerprint density at radius 3 is 3.09 bits per heavy atom. The van der Waals surface area contributed by atoms with Crippen molar-refractivity contribution < 1.29 is 4.79 Å². The zero-order valence-electron chi connectivity index (χ0n) is 6.63. The molecule has 0 saturated carbocycles. The molecular formula is C7H13N3O. The van der Waals surface area contributed by atoms with Crippen LogP contribution in [0.2, 0.25) is 0 Å². The van der Waals surface area contributed by atoms with Crippen molar-refractivity contribution in [1.29, 1.82) is 0 Å². The van der Waals surface area contributed by atoms with Gasteiger partial charge in [-0.2, -0.15) is 0 Å². The molecule has 4 heteroatoms. The zero-order chi connectivity index (χ0) is 8.27. The van der Waals surface area contributed by atoms with Crippen LogP contribution >= 0.6 is 0 Å². The summed E-state index contributed by atoms with van der Waals surface area (Å²) < 4.78 is 0. The molecule has 0 aromatic heterocycles. The van der Waals surface area contributed by atoms with Crippen molar-refractivity contribution in [2.24, 2.45) is 16.6 Å². The number of aliphatic imine (C=N–C) groups is 1. The molecular weight excluding hydrogens is 142 g/mol. The molecule has 0 aromatic carbocycles. The second-order valence-electron chi connectivity index (χ2n) is 2.77. The van der Waals surface area contributed by atoms with Crippen LogP contribution in [0.25, 0.3) is 0 Å². The maximum Gasteiger partial charge on any atom is 0.218 e. The van der Waals surface area contributed by atoms with Gasteiger partial charge in [-0.3, -0.25) is 9.79 Å². The predicted molar refractivity (Wildman–Crippen MR) is 43.3 cm³/mol. The van der Waals surface area contributed by atoms with E-state index in [0.29, 0.717) is 6.42 Å². The number of amides is 1. The van der Waals surface area contributed by atoms with E-state index in [-0.39, 0.29) is 11.8 Å². The summed E-state index contributed by atoms with van der Waals surface area (Å²) in [5.74, 6) is 0.799. The van der Waals surface area contributed by atoms with Crippen molar-refractivity contribution in [2.75, 3.05) is 13.1 Å². The van der Waals surface area contributed by atoms with Crippen LogP contribution in [0.5, 0.6) is 0 Å². The lowest BCUT2D eigenvalue weighted by molar-refractivity contribution is -0.118. The molecule has 1 amide bonds. The van der Waals surface area contributed by atoms with Crippen molar-refractivity contribution in [3.8, 4) is 0 Å². The number of hydrogen-bond acceptors (Lipinski definition) is 3. The number of nitrogens with one attached hydrogen (secondary N) is 1. The smallest absolute Gasteiger partial charge is 0.218 e. The number of carbonyl (C=O) groups is 1. The zero-order valence-corrected chi connectivity index (χ0v) is 6.63. The van der Waals surface area contributed by atoms with Crippen molar-refractivity contribution in [3.63, 3.8) is 0 Å². The van der Waals surface area contributed by atoms with Gasteiger partial charge in [-0.15, -0.1) is 0 Å². The normalized spacial score (nSPS) is 18.8. The van der Waals surface area contributed by atoms with Gasteiger partial charge in [0, 0.05) is 18.9 Å². The van der Waals surface area contributed by atoms with Crippen LogP contribution < -0.4 is 11.1 Å². The number of amidine groups is 1. The van der Waals surface area contributed by atoms with Crippen LogP contribution in [0, 0.1) is 5.92 Å². The summed E-state index contributed by atoms with van der Waals surface area (Å²) in [4.78, 5) is 14.7. The summed E-state index contributed by atoms with van der Waals surface area (Å²) in [6.45, 7) is 3.65. The van der Waals surface area contributed by atoms with Gasteiger partial charge in [-0.05, 0) is 0 Å². The summed E-state index contributed by atoms with van der Waals surface area (Å²) in [6, 6.07) is 0. The molecule has 0 aliphatic carbocycles.